The van der Waals surface area contributed by atoms with Gasteiger partial charge in [-0.1, -0.05) is 57.2 Å². The Labute approximate surface area is 166 Å². The summed E-state index contributed by atoms with van der Waals surface area (Å²) in [6, 6.07) is 23.4. The summed E-state index contributed by atoms with van der Waals surface area (Å²) in [5.41, 5.74) is 3.79. The molecule has 0 aliphatic heterocycles. The summed E-state index contributed by atoms with van der Waals surface area (Å²) >= 11 is 0. The molecular weight excluding hydrogens is 342 g/mol. The Morgan fingerprint density at radius 2 is 1.50 bits per heavy atom. The van der Waals surface area contributed by atoms with Crippen LogP contribution in [0.25, 0.3) is 10.8 Å². The first-order valence-corrected chi connectivity index (χ1v) is 9.63. The molecule has 4 rings (SSSR count). The van der Waals surface area contributed by atoms with E-state index in [1.54, 1.807) is 0 Å². The van der Waals surface area contributed by atoms with Crippen molar-refractivity contribution < 1.29 is 0 Å². The largest absolute Gasteiger partial charge is 0.321 e. The molecule has 2 heterocycles. The van der Waals surface area contributed by atoms with E-state index in [9.17, 15) is 0 Å². The maximum absolute atomic E-state index is 4.76. The van der Waals surface area contributed by atoms with Crippen molar-refractivity contribution in [2.75, 3.05) is 4.90 Å². The van der Waals surface area contributed by atoms with E-state index in [0.717, 1.165) is 23.4 Å². The number of hydrogen-bond acceptors (Lipinski definition) is 3. The molecule has 0 unspecified atom stereocenters. The third kappa shape index (κ3) is 3.74. The molecule has 3 nitrogen and oxygen atoms in total. The second kappa shape index (κ2) is 7.43. The van der Waals surface area contributed by atoms with Gasteiger partial charge in [-0.05, 0) is 52.3 Å². The van der Waals surface area contributed by atoms with Gasteiger partial charge in [0.15, 0.2) is 0 Å². The normalized spacial score (nSPS) is 11.5. The highest BCUT2D eigenvalue weighted by molar-refractivity contribution is 5.93. The lowest BCUT2D eigenvalue weighted by atomic mass is 9.87. The third-order valence-corrected chi connectivity index (χ3v) is 5.04. The maximum Gasteiger partial charge on any atom is 0.141 e. The van der Waals surface area contributed by atoms with Crippen molar-refractivity contribution in [2.24, 2.45) is 0 Å². The van der Waals surface area contributed by atoms with Crippen LogP contribution in [-0.4, -0.2) is 9.97 Å². The van der Waals surface area contributed by atoms with Crippen molar-refractivity contribution in [1.82, 2.24) is 9.97 Å². The molecule has 0 N–H and O–H groups in total. The molecule has 4 aromatic rings. The number of pyridine rings is 2. The van der Waals surface area contributed by atoms with E-state index in [4.69, 9.17) is 4.98 Å². The Morgan fingerprint density at radius 3 is 2.21 bits per heavy atom. The highest BCUT2D eigenvalue weighted by atomic mass is 15.2. The van der Waals surface area contributed by atoms with Crippen molar-refractivity contribution in [2.45, 2.75) is 32.7 Å². The Kier molecular flexibility index (Phi) is 4.82. The average molecular weight is 367 g/mol. The van der Waals surface area contributed by atoms with Crippen LogP contribution < -0.4 is 4.90 Å². The van der Waals surface area contributed by atoms with Gasteiger partial charge in [0.05, 0.1) is 0 Å². The van der Waals surface area contributed by atoms with Gasteiger partial charge in [0.1, 0.15) is 5.82 Å². The number of aromatic nitrogens is 2. The Bertz CT molecular complexity index is 1060. The summed E-state index contributed by atoms with van der Waals surface area (Å²) in [4.78, 5) is 11.2. The Balaban J connectivity index is 1.82. The molecule has 0 spiro atoms. The fourth-order valence-corrected chi connectivity index (χ4v) is 3.42. The molecule has 140 valence electrons. The zero-order valence-electron chi connectivity index (χ0n) is 16.6. The molecule has 0 atom stereocenters. The standard InChI is InChI=1S/C25H25N3/c1-25(2,3)21-8-10-22(11-9-21)28(18-19-12-15-26-16-13-19)24-23-7-5-4-6-20(23)14-17-27-24/h4-17H,18H2,1-3H3. The average Bonchev–Trinajstić information content (AvgIpc) is 2.72. The van der Waals surface area contributed by atoms with Gasteiger partial charge in [0.2, 0.25) is 0 Å². The van der Waals surface area contributed by atoms with Gasteiger partial charge in [0, 0.05) is 36.2 Å². The summed E-state index contributed by atoms with van der Waals surface area (Å²) < 4.78 is 0. The third-order valence-electron chi connectivity index (χ3n) is 5.04. The molecule has 0 radical (unpaired) electrons. The number of fused-ring (bicyclic) bond motifs is 1. The van der Waals surface area contributed by atoms with Crippen LogP contribution in [0, 0.1) is 0 Å². The van der Waals surface area contributed by atoms with Gasteiger partial charge in [-0.25, -0.2) is 4.98 Å². The van der Waals surface area contributed by atoms with Gasteiger partial charge in [-0.2, -0.15) is 0 Å². The molecule has 2 aromatic carbocycles. The van der Waals surface area contributed by atoms with Crippen molar-refractivity contribution in [1.29, 1.82) is 0 Å². The smallest absolute Gasteiger partial charge is 0.141 e. The van der Waals surface area contributed by atoms with E-state index in [0.29, 0.717) is 0 Å². The van der Waals surface area contributed by atoms with E-state index in [2.05, 4.69) is 97.4 Å². The first-order chi connectivity index (χ1) is 13.5. The molecule has 2 aromatic heterocycles. The van der Waals surface area contributed by atoms with Gasteiger partial charge < -0.3 is 4.90 Å². The molecule has 0 aliphatic rings. The fraction of sp³-hybridized carbons (Fsp3) is 0.200. The molecule has 28 heavy (non-hydrogen) atoms. The quantitative estimate of drug-likeness (QED) is 0.426. The van der Waals surface area contributed by atoms with Crippen LogP contribution in [0.2, 0.25) is 0 Å². The first kappa shape index (κ1) is 18.2. The van der Waals surface area contributed by atoms with Crippen molar-refractivity contribution in [3.8, 4) is 0 Å². The van der Waals surface area contributed by atoms with E-state index in [1.807, 2.05) is 18.6 Å². The van der Waals surface area contributed by atoms with Gasteiger partial charge in [-0.15, -0.1) is 0 Å². The van der Waals surface area contributed by atoms with Crippen LogP contribution in [0.1, 0.15) is 31.9 Å². The lowest BCUT2D eigenvalue weighted by molar-refractivity contribution is 0.590. The van der Waals surface area contributed by atoms with Gasteiger partial charge >= 0.3 is 0 Å². The molecular formula is C25H25N3. The van der Waals surface area contributed by atoms with Crippen LogP contribution in [0.15, 0.2) is 85.3 Å². The Morgan fingerprint density at radius 1 is 0.786 bits per heavy atom. The number of benzene rings is 2. The first-order valence-electron chi connectivity index (χ1n) is 9.63. The highest BCUT2D eigenvalue weighted by Gasteiger charge is 2.17. The maximum atomic E-state index is 4.76. The molecule has 0 aliphatic carbocycles. The van der Waals surface area contributed by atoms with Crippen molar-refractivity contribution in [3.05, 3.63) is 96.4 Å². The minimum Gasteiger partial charge on any atom is -0.321 e. The summed E-state index contributed by atoms with van der Waals surface area (Å²) in [5, 5.41) is 2.34. The second-order valence-corrected chi connectivity index (χ2v) is 8.09. The van der Waals surface area contributed by atoms with E-state index < -0.39 is 0 Å². The fourth-order valence-electron chi connectivity index (χ4n) is 3.42. The second-order valence-electron chi connectivity index (χ2n) is 8.09. The lowest BCUT2D eigenvalue weighted by Gasteiger charge is -2.27. The summed E-state index contributed by atoms with van der Waals surface area (Å²) in [6.07, 6.45) is 5.57. The van der Waals surface area contributed by atoms with Crippen molar-refractivity contribution >= 4 is 22.3 Å². The molecule has 0 saturated carbocycles. The van der Waals surface area contributed by atoms with Gasteiger partial charge in [-0.3, -0.25) is 4.98 Å². The molecule has 0 amide bonds. The zero-order valence-corrected chi connectivity index (χ0v) is 16.6. The van der Waals surface area contributed by atoms with E-state index >= 15 is 0 Å². The molecule has 0 saturated heterocycles. The highest BCUT2D eigenvalue weighted by Crippen LogP contribution is 2.33. The monoisotopic (exact) mass is 367 g/mol. The SMILES string of the molecule is CC(C)(C)c1ccc(N(Cc2ccncc2)c2nccc3ccccc23)cc1. The van der Waals surface area contributed by atoms with Crippen LogP contribution >= 0.6 is 0 Å². The summed E-state index contributed by atoms with van der Waals surface area (Å²) in [5.74, 6) is 0.971. The molecule has 0 bridgehead atoms. The topological polar surface area (TPSA) is 29.0 Å². The number of anilines is 2. The van der Waals surface area contributed by atoms with Gasteiger partial charge in [0.25, 0.3) is 0 Å². The number of rotatable bonds is 4. The lowest BCUT2D eigenvalue weighted by Crippen LogP contribution is -2.19. The van der Waals surface area contributed by atoms with E-state index in [1.165, 1.54) is 16.5 Å². The summed E-state index contributed by atoms with van der Waals surface area (Å²) in [7, 11) is 0. The minimum absolute atomic E-state index is 0.131. The van der Waals surface area contributed by atoms with E-state index in [-0.39, 0.29) is 5.41 Å². The number of hydrogen-bond donors (Lipinski definition) is 0. The van der Waals surface area contributed by atoms with Crippen LogP contribution in [0.3, 0.4) is 0 Å². The predicted molar refractivity (Wildman–Crippen MR) is 117 cm³/mol. The Hall–Kier alpha value is -3.20. The molecule has 0 fully saturated rings. The molecule has 3 heteroatoms. The number of nitrogens with zero attached hydrogens (tertiary/aromatic N) is 3. The predicted octanol–water partition coefficient (Wildman–Crippen LogP) is 6.27. The zero-order chi connectivity index (χ0) is 19.6. The van der Waals surface area contributed by atoms with Crippen LogP contribution in [0.4, 0.5) is 11.5 Å². The van der Waals surface area contributed by atoms with Crippen LogP contribution in [-0.2, 0) is 12.0 Å². The minimum atomic E-state index is 0.131. The van der Waals surface area contributed by atoms with Crippen LogP contribution in [0.5, 0.6) is 0 Å². The van der Waals surface area contributed by atoms with Crippen molar-refractivity contribution in [3.63, 3.8) is 0 Å². The summed E-state index contributed by atoms with van der Waals surface area (Å²) in [6.45, 7) is 7.45.